The average Bonchev–Trinajstić information content (AvgIpc) is 3.05. The molecule has 3 aromatic carbocycles. The van der Waals surface area contributed by atoms with Crippen LogP contribution in [0.15, 0.2) is 97.2 Å². The van der Waals surface area contributed by atoms with Crippen molar-refractivity contribution < 1.29 is 9.53 Å². The van der Waals surface area contributed by atoms with Crippen molar-refractivity contribution >= 4 is 16.8 Å². The van der Waals surface area contributed by atoms with Crippen molar-refractivity contribution in [1.29, 1.82) is 0 Å². The van der Waals surface area contributed by atoms with Gasteiger partial charge in [-0.3, -0.25) is 9.78 Å². The van der Waals surface area contributed by atoms with Gasteiger partial charge in [-0.15, -0.1) is 0 Å². The fourth-order valence-electron chi connectivity index (χ4n) is 6.32. The number of pyridine rings is 1. The zero-order valence-electron chi connectivity index (χ0n) is 25.5. The number of aromatic nitrogens is 1. The second-order valence-electron chi connectivity index (χ2n) is 12.0. The molecule has 4 aromatic rings. The highest BCUT2D eigenvalue weighted by Crippen LogP contribution is 2.24. The van der Waals surface area contributed by atoms with Crippen molar-refractivity contribution in [2.75, 3.05) is 26.2 Å². The van der Waals surface area contributed by atoms with E-state index in [1.807, 2.05) is 30.5 Å². The van der Waals surface area contributed by atoms with Crippen molar-refractivity contribution in [2.24, 2.45) is 5.92 Å². The number of carbonyl (C=O) groups is 1. The van der Waals surface area contributed by atoms with Crippen LogP contribution in [-0.2, 0) is 17.6 Å². The number of likely N-dealkylation sites (tertiary alicyclic amines) is 1. The molecular weight excluding hydrogens is 530 g/mol. The molecule has 0 atom stereocenters. The minimum atomic E-state index is 0.237. The Labute approximate surface area is 257 Å². The van der Waals surface area contributed by atoms with Crippen LogP contribution in [0.4, 0.5) is 0 Å². The molecule has 5 rings (SSSR count). The maximum Gasteiger partial charge on any atom is 0.220 e. The van der Waals surface area contributed by atoms with Gasteiger partial charge in [0.2, 0.25) is 5.91 Å². The Kier molecular flexibility index (Phi) is 12.0. The van der Waals surface area contributed by atoms with Gasteiger partial charge in [0.15, 0.2) is 0 Å². The number of nitrogens with one attached hydrogen (secondary N) is 1. The maximum atomic E-state index is 13.2. The lowest BCUT2D eigenvalue weighted by atomic mass is 9.92. The number of amides is 1. The molecule has 1 aliphatic heterocycles. The number of fused-ring (bicyclic) bond motifs is 1. The van der Waals surface area contributed by atoms with Gasteiger partial charge in [0.05, 0.1) is 12.1 Å². The summed E-state index contributed by atoms with van der Waals surface area (Å²) in [6, 6.07) is 31.7. The summed E-state index contributed by atoms with van der Waals surface area (Å²) in [5.41, 5.74) is 3.72. The average molecular weight is 578 g/mol. The van der Waals surface area contributed by atoms with Gasteiger partial charge in [0.25, 0.3) is 0 Å². The predicted octanol–water partition coefficient (Wildman–Crippen LogP) is 7.64. The Balaban J connectivity index is 1.01. The Morgan fingerprint density at radius 2 is 1.49 bits per heavy atom. The van der Waals surface area contributed by atoms with Crippen LogP contribution in [0.5, 0.6) is 5.75 Å². The van der Waals surface area contributed by atoms with E-state index >= 15 is 0 Å². The molecule has 0 aliphatic carbocycles. The summed E-state index contributed by atoms with van der Waals surface area (Å²) >= 11 is 0. The molecular formula is C38H47N3O2. The second-order valence-corrected chi connectivity index (χ2v) is 12.0. The smallest absolute Gasteiger partial charge is 0.220 e. The van der Waals surface area contributed by atoms with E-state index in [-0.39, 0.29) is 11.9 Å². The number of hydrogen-bond acceptors (Lipinski definition) is 4. The zero-order valence-corrected chi connectivity index (χ0v) is 25.5. The summed E-state index contributed by atoms with van der Waals surface area (Å²) in [7, 11) is 0. The lowest BCUT2D eigenvalue weighted by Gasteiger charge is -2.32. The summed E-state index contributed by atoms with van der Waals surface area (Å²) in [5.74, 6) is 1.62. The monoisotopic (exact) mass is 577 g/mol. The van der Waals surface area contributed by atoms with Gasteiger partial charge < -0.3 is 15.0 Å². The summed E-state index contributed by atoms with van der Waals surface area (Å²) in [6.07, 6.45) is 12.0. The number of carbonyl (C=O) groups excluding carboxylic acids is 1. The molecule has 2 heterocycles. The quantitative estimate of drug-likeness (QED) is 0.139. The topological polar surface area (TPSA) is 54.5 Å². The molecule has 0 bridgehead atoms. The molecule has 0 unspecified atom stereocenters. The standard InChI is InChI=1S/C38H47N3O2/c42-38(40-34(18-7-16-31-12-3-1-4-13-31)19-8-17-32-14-5-2-6-15-32)30-33-23-27-41(28-24-33)26-11-29-43-37-22-9-21-36-35(37)20-10-25-39-36/h1-6,9-10,12-15,20-22,25,33-34H,7-8,11,16-19,23-24,26-30H2,(H,40,42). The van der Waals surface area contributed by atoms with E-state index in [0.29, 0.717) is 18.9 Å². The van der Waals surface area contributed by atoms with Crippen LogP contribution in [-0.4, -0.2) is 48.1 Å². The second kappa shape index (κ2) is 16.8. The molecule has 226 valence electrons. The van der Waals surface area contributed by atoms with E-state index in [1.165, 1.54) is 11.1 Å². The summed E-state index contributed by atoms with van der Waals surface area (Å²) in [4.78, 5) is 20.1. The highest BCUT2D eigenvalue weighted by molar-refractivity contribution is 5.84. The fraction of sp³-hybridized carbons (Fsp3) is 0.421. The number of rotatable bonds is 16. The first-order valence-corrected chi connectivity index (χ1v) is 16.3. The normalized spacial score (nSPS) is 14.3. The number of benzene rings is 3. The lowest BCUT2D eigenvalue weighted by molar-refractivity contribution is -0.123. The molecule has 5 heteroatoms. The molecule has 5 nitrogen and oxygen atoms in total. The van der Waals surface area contributed by atoms with E-state index in [2.05, 4.69) is 81.9 Å². The number of aryl methyl sites for hydroxylation is 2. The first-order chi connectivity index (χ1) is 21.2. The third kappa shape index (κ3) is 10.2. The summed E-state index contributed by atoms with van der Waals surface area (Å²) in [6.45, 7) is 3.86. The van der Waals surface area contributed by atoms with E-state index in [9.17, 15) is 4.79 Å². The van der Waals surface area contributed by atoms with Gasteiger partial charge in [-0.05, 0) is 112 Å². The number of ether oxygens (including phenoxy) is 1. The minimum Gasteiger partial charge on any atom is -0.493 e. The molecule has 0 spiro atoms. The van der Waals surface area contributed by atoms with Crippen LogP contribution >= 0.6 is 0 Å². The first kappa shape index (κ1) is 30.7. The highest BCUT2D eigenvalue weighted by atomic mass is 16.5. The van der Waals surface area contributed by atoms with Crippen LogP contribution in [0.3, 0.4) is 0 Å². The van der Waals surface area contributed by atoms with Crippen LogP contribution in [0.25, 0.3) is 10.9 Å². The van der Waals surface area contributed by atoms with Gasteiger partial charge in [0, 0.05) is 30.6 Å². The first-order valence-electron chi connectivity index (χ1n) is 16.3. The van der Waals surface area contributed by atoms with Crippen molar-refractivity contribution in [3.63, 3.8) is 0 Å². The molecule has 1 aromatic heterocycles. The number of hydrogen-bond donors (Lipinski definition) is 1. The van der Waals surface area contributed by atoms with Gasteiger partial charge in [-0.25, -0.2) is 0 Å². The molecule has 0 saturated carbocycles. The van der Waals surface area contributed by atoms with Crippen LogP contribution in [0.2, 0.25) is 0 Å². The van der Waals surface area contributed by atoms with Crippen LogP contribution in [0.1, 0.15) is 62.5 Å². The SMILES string of the molecule is O=C(CC1CCN(CCCOc2cccc3ncccc23)CC1)NC(CCCc1ccccc1)CCCc1ccccc1. The summed E-state index contributed by atoms with van der Waals surface area (Å²) < 4.78 is 6.11. The van der Waals surface area contributed by atoms with Gasteiger partial charge in [-0.2, -0.15) is 0 Å². The van der Waals surface area contributed by atoms with Crippen molar-refractivity contribution in [2.45, 2.75) is 70.3 Å². The van der Waals surface area contributed by atoms with Crippen LogP contribution in [0, 0.1) is 5.92 Å². The Hall–Kier alpha value is -3.70. The zero-order chi connectivity index (χ0) is 29.5. The van der Waals surface area contributed by atoms with Gasteiger partial charge in [-0.1, -0.05) is 66.7 Å². The lowest BCUT2D eigenvalue weighted by Crippen LogP contribution is -2.39. The van der Waals surface area contributed by atoms with E-state index in [1.54, 1.807) is 0 Å². The Bertz CT molecular complexity index is 1320. The molecule has 1 fully saturated rings. The number of nitrogens with zero attached hydrogens (tertiary/aromatic N) is 2. The predicted molar refractivity (Wildman–Crippen MR) is 176 cm³/mol. The van der Waals surface area contributed by atoms with E-state index in [4.69, 9.17) is 4.74 Å². The van der Waals surface area contributed by atoms with Crippen LogP contribution < -0.4 is 10.1 Å². The summed E-state index contributed by atoms with van der Waals surface area (Å²) in [5, 5.41) is 4.51. The third-order valence-corrected chi connectivity index (χ3v) is 8.75. The van der Waals surface area contributed by atoms with Crippen molar-refractivity contribution in [3.8, 4) is 5.75 Å². The van der Waals surface area contributed by atoms with Gasteiger partial charge >= 0.3 is 0 Å². The molecule has 0 radical (unpaired) electrons. The molecule has 1 saturated heterocycles. The molecule has 1 amide bonds. The Morgan fingerprint density at radius 3 is 2.16 bits per heavy atom. The van der Waals surface area contributed by atoms with E-state index < -0.39 is 0 Å². The van der Waals surface area contributed by atoms with Crippen molar-refractivity contribution in [3.05, 3.63) is 108 Å². The maximum absolute atomic E-state index is 13.2. The largest absolute Gasteiger partial charge is 0.493 e. The fourth-order valence-corrected chi connectivity index (χ4v) is 6.32. The molecule has 1 N–H and O–H groups in total. The van der Waals surface area contributed by atoms with Gasteiger partial charge in [0.1, 0.15) is 5.75 Å². The highest BCUT2D eigenvalue weighted by Gasteiger charge is 2.22. The van der Waals surface area contributed by atoms with E-state index in [0.717, 1.165) is 94.1 Å². The molecule has 43 heavy (non-hydrogen) atoms. The third-order valence-electron chi connectivity index (χ3n) is 8.75. The Morgan fingerprint density at radius 1 is 0.814 bits per heavy atom. The molecule has 1 aliphatic rings. The minimum absolute atomic E-state index is 0.237. The van der Waals surface area contributed by atoms with Crippen molar-refractivity contribution in [1.82, 2.24) is 15.2 Å². The number of piperidine rings is 1.